The summed E-state index contributed by atoms with van der Waals surface area (Å²) in [6.07, 6.45) is 3.81. The third-order valence-electron chi connectivity index (χ3n) is 6.09. The monoisotopic (exact) mass is 461 g/mol. The Balaban J connectivity index is 1.31. The number of fused-ring (bicyclic) bond motifs is 2. The summed E-state index contributed by atoms with van der Waals surface area (Å²) in [6, 6.07) is 15.3. The van der Waals surface area contributed by atoms with Crippen LogP contribution in [0.2, 0.25) is 0 Å². The summed E-state index contributed by atoms with van der Waals surface area (Å²) >= 11 is 1.60. The number of H-pyrrole nitrogens is 1. The van der Waals surface area contributed by atoms with E-state index in [0.717, 1.165) is 40.6 Å². The molecule has 2 amide bonds. The number of amides is 2. The molecule has 2 aromatic carbocycles. The number of para-hydroxylation sites is 1. The van der Waals surface area contributed by atoms with Crippen molar-refractivity contribution in [2.24, 2.45) is 0 Å². The lowest BCUT2D eigenvalue weighted by Crippen LogP contribution is -2.44. The fourth-order valence-corrected chi connectivity index (χ4v) is 5.42. The number of nitrogens with one attached hydrogen (secondary N) is 2. The number of thioether (sulfide) groups is 1. The number of anilines is 1. The van der Waals surface area contributed by atoms with Gasteiger partial charge in [-0.25, -0.2) is 0 Å². The molecule has 2 N–H and O–H groups in total. The third kappa shape index (κ3) is 4.24. The number of rotatable bonds is 6. The summed E-state index contributed by atoms with van der Waals surface area (Å²) in [5.41, 5.74) is 3.41. The van der Waals surface area contributed by atoms with Crippen molar-refractivity contribution in [2.75, 3.05) is 37.6 Å². The molecule has 0 aliphatic carbocycles. The maximum Gasteiger partial charge on any atom is 0.257 e. The van der Waals surface area contributed by atoms with E-state index in [1.54, 1.807) is 22.9 Å². The SMILES string of the molecule is CN(C)CCn1ccc2cc(NC(=O)C3CSCN3C(=O)c3c[nH]c4ccccc34)ccc21. The maximum absolute atomic E-state index is 13.3. The van der Waals surface area contributed by atoms with E-state index in [-0.39, 0.29) is 11.8 Å². The first-order valence-electron chi connectivity index (χ1n) is 11.0. The normalized spacial score (nSPS) is 16.2. The Morgan fingerprint density at radius 2 is 2.03 bits per heavy atom. The standard InChI is InChI=1S/C25H27N5O2S/c1-28(2)11-12-29-10-9-17-13-18(7-8-22(17)29)27-24(31)23-15-33-16-30(23)25(32)20-14-26-21-6-4-3-5-19(20)21/h3-10,13-14,23,26H,11-12,15-16H2,1-2H3,(H,27,31). The van der Waals surface area contributed by atoms with Gasteiger partial charge >= 0.3 is 0 Å². The average Bonchev–Trinajstić information content (AvgIpc) is 3.55. The van der Waals surface area contributed by atoms with Crippen molar-refractivity contribution in [2.45, 2.75) is 12.6 Å². The molecule has 0 spiro atoms. The molecule has 8 heteroatoms. The number of nitrogens with zero attached hydrogens (tertiary/aromatic N) is 3. The van der Waals surface area contributed by atoms with Gasteiger partial charge in [0.2, 0.25) is 5.91 Å². The van der Waals surface area contributed by atoms with Gasteiger partial charge in [-0.15, -0.1) is 11.8 Å². The molecule has 1 unspecified atom stereocenters. The van der Waals surface area contributed by atoms with Crippen molar-refractivity contribution in [1.82, 2.24) is 19.4 Å². The van der Waals surface area contributed by atoms with Crippen molar-refractivity contribution in [3.63, 3.8) is 0 Å². The molecular weight excluding hydrogens is 434 g/mol. The smallest absolute Gasteiger partial charge is 0.257 e. The van der Waals surface area contributed by atoms with Gasteiger partial charge in [0.1, 0.15) is 6.04 Å². The quantitative estimate of drug-likeness (QED) is 0.458. The molecule has 170 valence electrons. The summed E-state index contributed by atoms with van der Waals surface area (Å²) in [6.45, 7) is 1.87. The minimum absolute atomic E-state index is 0.119. The Hall–Kier alpha value is -3.23. The summed E-state index contributed by atoms with van der Waals surface area (Å²) in [5, 5.41) is 4.99. The molecule has 1 atom stereocenters. The Morgan fingerprint density at radius 1 is 1.18 bits per heavy atom. The summed E-state index contributed by atoms with van der Waals surface area (Å²) in [7, 11) is 4.13. The molecule has 1 fully saturated rings. The number of carbonyl (C=O) groups is 2. The molecule has 4 aromatic rings. The minimum atomic E-state index is -0.503. The molecule has 0 radical (unpaired) electrons. The van der Waals surface area contributed by atoms with Crippen LogP contribution in [0.25, 0.3) is 21.8 Å². The van der Waals surface area contributed by atoms with E-state index >= 15 is 0 Å². The molecule has 2 aromatic heterocycles. The van der Waals surface area contributed by atoms with Gasteiger partial charge in [-0.1, -0.05) is 18.2 Å². The van der Waals surface area contributed by atoms with E-state index in [4.69, 9.17) is 0 Å². The van der Waals surface area contributed by atoms with Gasteiger partial charge in [-0.2, -0.15) is 0 Å². The van der Waals surface area contributed by atoms with Crippen LogP contribution < -0.4 is 5.32 Å². The maximum atomic E-state index is 13.3. The van der Waals surface area contributed by atoms with Gasteiger partial charge in [-0.05, 0) is 44.4 Å². The van der Waals surface area contributed by atoms with Gasteiger partial charge in [0.25, 0.3) is 5.91 Å². The van der Waals surface area contributed by atoms with Crippen molar-refractivity contribution < 1.29 is 9.59 Å². The Kier molecular flexibility index (Phi) is 5.86. The zero-order valence-electron chi connectivity index (χ0n) is 18.7. The van der Waals surface area contributed by atoms with Crippen LogP contribution in [-0.2, 0) is 11.3 Å². The fraction of sp³-hybridized carbons (Fsp3) is 0.280. The molecule has 7 nitrogen and oxygen atoms in total. The first-order valence-corrected chi connectivity index (χ1v) is 12.2. The number of hydrogen-bond acceptors (Lipinski definition) is 4. The molecule has 1 aliphatic heterocycles. The fourth-order valence-electron chi connectivity index (χ4n) is 4.27. The van der Waals surface area contributed by atoms with E-state index in [2.05, 4.69) is 46.1 Å². The van der Waals surface area contributed by atoms with Crippen molar-refractivity contribution in [3.05, 3.63) is 66.5 Å². The van der Waals surface area contributed by atoms with Crippen molar-refractivity contribution in [3.8, 4) is 0 Å². The van der Waals surface area contributed by atoms with Crippen LogP contribution in [0.15, 0.2) is 60.9 Å². The number of aromatic amines is 1. The molecule has 1 saturated heterocycles. The highest BCUT2D eigenvalue weighted by molar-refractivity contribution is 7.99. The molecule has 3 heterocycles. The largest absolute Gasteiger partial charge is 0.360 e. The molecule has 33 heavy (non-hydrogen) atoms. The number of benzene rings is 2. The Bertz CT molecular complexity index is 1320. The zero-order chi connectivity index (χ0) is 22.9. The zero-order valence-corrected chi connectivity index (χ0v) is 19.6. The van der Waals surface area contributed by atoms with Crippen LogP contribution in [0.4, 0.5) is 5.69 Å². The molecular formula is C25H27N5O2S. The van der Waals surface area contributed by atoms with Crippen LogP contribution in [0, 0.1) is 0 Å². The third-order valence-corrected chi connectivity index (χ3v) is 7.10. The summed E-state index contributed by atoms with van der Waals surface area (Å²) in [5.74, 6) is 0.818. The number of likely N-dealkylation sites (N-methyl/N-ethyl adjacent to an activating group) is 1. The summed E-state index contributed by atoms with van der Waals surface area (Å²) < 4.78 is 2.22. The van der Waals surface area contributed by atoms with Crippen molar-refractivity contribution in [1.29, 1.82) is 0 Å². The second-order valence-corrected chi connectivity index (χ2v) is 9.61. The molecule has 1 aliphatic rings. The first-order chi connectivity index (χ1) is 16.0. The lowest BCUT2D eigenvalue weighted by Gasteiger charge is -2.23. The summed E-state index contributed by atoms with van der Waals surface area (Å²) in [4.78, 5) is 33.4. The van der Waals surface area contributed by atoms with E-state index in [1.807, 2.05) is 42.5 Å². The van der Waals surface area contributed by atoms with E-state index in [0.29, 0.717) is 17.2 Å². The Morgan fingerprint density at radius 3 is 2.88 bits per heavy atom. The first kappa shape index (κ1) is 21.6. The lowest BCUT2D eigenvalue weighted by molar-refractivity contribution is -0.119. The number of aromatic nitrogens is 2. The van der Waals surface area contributed by atoms with E-state index in [1.165, 1.54) is 0 Å². The lowest BCUT2D eigenvalue weighted by atomic mass is 10.1. The van der Waals surface area contributed by atoms with Crippen LogP contribution in [0.1, 0.15) is 10.4 Å². The Labute approximate surface area is 196 Å². The highest BCUT2D eigenvalue weighted by Crippen LogP contribution is 2.28. The van der Waals surface area contributed by atoms with Gasteiger partial charge in [0.15, 0.2) is 0 Å². The predicted octanol–water partition coefficient (Wildman–Crippen LogP) is 3.84. The second-order valence-electron chi connectivity index (χ2n) is 8.61. The van der Waals surface area contributed by atoms with Crippen LogP contribution in [-0.4, -0.2) is 69.5 Å². The van der Waals surface area contributed by atoms with Crippen LogP contribution >= 0.6 is 11.8 Å². The van der Waals surface area contributed by atoms with Gasteiger partial charge in [0.05, 0.1) is 11.4 Å². The number of carbonyl (C=O) groups excluding carboxylic acids is 2. The molecule has 5 rings (SSSR count). The predicted molar refractivity (Wildman–Crippen MR) is 135 cm³/mol. The highest BCUT2D eigenvalue weighted by Gasteiger charge is 2.36. The minimum Gasteiger partial charge on any atom is -0.360 e. The van der Waals surface area contributed by atoms with Gasteiger partial charge < -0.3 is 24.7 Å². The molecule has 0 saturated carbocycles. The van der Waals surface area contributed by atoms with E-state index < -0.39 is 6.04 Å². The van der Waals surface area contributed by atoms with Gasteiger partial charge in [0, 0.05) is 58.7 Å². The van der Waals surface area contributed by atoms with E-state index in [9.17, 15) is 9.59 Å². The van der Waals surface area contributed by atoms with Crippen LogP contribution in [0.5, 0.6) is 0 Å². The molecule has 0 bridgehead atoms. The second kappa shape index (κ2) is 8.96. The highest BCUT2D eigenvalue weighted by atomic mass is 32.2. The average molecular weight is 462 g/mol. The topological polar surface area (TPSA) is 73.4 Å². The number of hydrogen-bond donors (Lipinski definition) is 2. The van der Waals surface area contributed by atoms with Crippen molar-refractivity contribution >= 4 is 51.1 Å². The van der Waals surface area contributed by atoms with Crippen LogP contribution in [0.3, 0.4) is 0 Å². The van der Waals surface area contributed by atoms with Gasteiger partial charge in [-0.3, -0.25) is 9.59 Å².